The van der Waals surface area contributed by atoms with Crippen LogP contribution in [0, 0.1) is 0 Å². The van der Waals surface area contributed by atoms with Gasteiger partial charge in [0.1, 0.15) is 11.3 Å². The van der Waals surface area contributed by atoms with Crippen LogP contribution in [0.4, 0.5) is 5.69 Å². The molecule has 2 aliphatic rings. The van der Waals surface area contributed by atoms with Gasteiger partial charge in [-0.15, -0.1) is 0 Å². The van der Waals surface area contributed by atoms with Crippen LogP contribution in [0.1, 0.15) is 30.1 Å². The molecule has 0 aromatic heterocycles. The first-order valence-electron chi connectivity index (χ1n) is 7.15. The van der Waals surface area contributed by atoms with E-state index < -0.39 is 0 Å². The van der Waals surface area contributed by atoms with E-state index in [-0.39, 0.29) is 18.1 Å². The number of amides is 1. The van der Waals surface area contributed by atoms with Crippen LogP contribution in [-0.4, -0.2) is 42.7 Å². The summed E-state index contributed by atoms with van der Waals surface area (Å²) in [5.74, 6) is 0.517. The number of ether oxygens (including phenoxy) is 2. The van der Waals surface area contributed by atoms with Crippen LogP contribution in [0.25, 0.3) is 0 Å². The van der Waals surface area contributed by atoms with Gasteiger partial charge in [-0.25, -0.2) is 0 Å². The van der Waals surface area contributed by atoms with Crippen molar-refractivity contribution in [1.82, 2.24) is 4.90 Å². The van der Waals surface area contributed by atoms with E-state index in [0.29, 0.717) is 36.7 Å². The maximum atomic E-state index is 12.7. The molecule has 0 radical (unpaired) electrons. The normalized spacial score (nSPS) is 24.8. The first kappa shape index (κ1) is 13.2. The molecule has 3 rings (SSSR count). The van der Waals surface area contributed by atoms with Crippen LogP contribution in [-0.2, 0) is 4.74 Å². The maximum Gasteiger partial charge on any atom is 0.259 e. The molecular weight excluding hydrogens is 256 g/mol. The third-order valence-corrected chi connectivity index (χ3v) is 3.90. The van der Waals surface area contributed by atoms with Gasteiger partial charge in [-0.05, 0) is 31.9 Å². The molecule has 2 atom stereocenters. The summed E-state index contributed by atoms with van der Waals surface area (Å²) in [5, 5.41) is 0. The zero-order chi connectivity index (χ0) is 14.1. The van der Waals surface area contributed by atoms with E-state index in [9.17, 15) is 4.79 Å². The zero-order valence-corrected chi connectivity index (χ0v) is 11.7. The lowest BCUT2D eigenvalue weighted by Crippen LogP contribution is -2.46. The number of hydrogen-bond acceptors (Lipinski definition) is 4. The molecule has 2 fully saturated rings. The molecule has 2 unspecified atom stereocenters. The number of carbonyl (C=O) groups is 1. The van der Waals surface area contributed by atoms with Crippen molar-refractivity contribution in [3.63, 3.8) is 0 Å². The lowest BCUT2D eigenvalue weighted by Gasteiger charge is -2.32. The van der Waals surface area contributed by atoms with Crippen molar-refractivity contribution >= 4 is 11.6 Å². The molecule has 0 saturated carbocycles. The molecule has 0 aliphatic carbocycles. The minimum atomic E-state index is -0.0493. The second-order valence-electron chi connectivity index (χ2n) is 5.32. The highest BCUT2D eigenvalue weighted by Crippen LogP contribution is 2.31. The monoisotopic (exact) mass is 276 g/mol. The number of nitrogens with zero attached hydrogens (tertiary/aromatic N) is 1. The summed E-state index contributed by atoms with van der Waals surface area (Å²) in [6.45, 7) is 3.70. The van der Waals surface area contributed by atoms with E-state index in [1.807, 2.05) is 11.8 Å². The summed E-state index contributed by atoms with van der Waals surface area (Å²) in [4.78, 5) is 14.6. The first-order valence-corrected chi connectivity index (χ1v) is 7.15. The number of carbonyl (C=O) groups excluding carboxylic acids is 1. The molecule has 5 nitrogen and oxygen atoms in total. The third kappa shape index (κ3) is 2.33. The Labute approximate surface area is 118 Å². The van der Waals surface area contributed by atoms with Crippen LogP contribution < -0.4 is 10.5 Å². The van der Waals surface area contributed by atoms with Crippen molar-refractivity contribution in [2.24, 2.45) is 0 Å². The number of morpholine rings is 1. The van der Waals surface area contributed by atoms with Gasteiger partial charge in [0.15, 0.2) is 0 Å². The number of fused-ring (bicyclic) bond motifs is 2. The standard InChI is InChI=1S/C15H20N2O3/c1-2-19-13-5-3-4-12(16)14(13)15(18)17-8-10-6-7-11(9-17)20-10/h3-5,10-11H,2,6-9,16H2,1H3. The summed E-state index contributed by atoms with van der Waals surface area (Å²) in [6, 6.07) is 5.34. The Kier molecular flexibility index (Phi) is 3.53. The van der Waals surface area contributed by atoms with Crippen LogP contribution >= 0.6 is 0 Å². The molecule has 1 amide bonds. The second kappa shape index (κ2) is 5.32. The van der Waals surface area contributed by atoms with E-state index in [4.69, 9.17) is 15.2 Å². The van der Waals surface area contributed by atoms with Crippen molar-refractivity contribution in [3.05, 3.63) is 23.8 Å². The summed E-state index contributed by atoms with van der Waals surface area (Å²) in [7, 11) is 0. The number of nitrogens with two attached hydrogens (primary N) is 1. The minimum Gasteiger partial charge on any atom is -0.493 e. The number of benzene rings is 1. The van der Waals surface area contributed by atoms with E-state index in [0.717, 1.165) is 12.8 Å². The molecule has 1 aromatic carbocycles. The molecular formula is C15H20N2O3. The predicted octanol–water partition coefficient (Wildman–Crippen LogP) is 1.67. The fourth-order valence-corrected chi connectivity index (χ4v) is 2.99. The van der Waals surface area contributed by atoms with Crippen LogP contribution in [0.15, 0.2) is 18.2 Å². The predicted molar refractivity (Wildman–Crippen MR) is 75.8 cm³/mol. The van der Waals surface area contributed by atoms with E-state index >= 15 is 0 Å². The molecule has 2 N–H and O–H groups in total. The lowest BCUT2D eigenvalue weighted by molar-refractivity contribution is -0.0304. The van der Waals surface area contributed by atoms with Crippen LogP contribution in [0.5, 0.6) is 5.75 Å². The van der Waals surface area contributed by atoms with E-state index in [1.165, 1.54) is 0 Å². The molecule has 1 aromatic rings. The smallest absolute Gasteiger partial charge is 0.259 e. The fourth-order valence-electron chi connectivity index (χ4n) is 2.99. The quantitative estimate of drug-likeness (QED) is 0.853. The lowest BCUT2D eigenvalue weighted by atomic mass is 10.1. The number of hydrogen-bond donors (Lipinski definition) is 1. The summed E-state index contributed by atoms with van der Waals surface area (Å²) < 4.78 is 11.3. The number of likely N-dealkylation sites (tertiary alicyclic amines) is 1. The molecule has 2 heterocycles. The second-order valence-corrected chi connectivity index (χ2v) is 5.32. The average Bonchev–Trinajstić information content (AvgIpc) is 2.77. The molecule has 2 aliphatic heterocycles. The van der Waals surface area contributed by atoms with Crippen molar-refractivity contribution in [2.75, 3.05) is 25.4 Å². The van der Waals surface area contributed by atoms with E-state index in [1.54, 1.807) is 18.2 Å². The molecule has 2 saturated heterocycles. The van der Waals surface area contributed by atoms with Crippen molar-refractivity contribution in [1.29, 1.82) is 0 Å². The minimum absolute atomic E-state index is 0.0493. The number of anilines is 1. The van der Waals surface area contributed by atoms with Gasteiger partial charge in [-0.3, -0.25) is 4.79 Å². The highest BCUT2D eigenvalue weighted by molar-refractivity contribution is 6.02. The van der Waals surface area contributed by atoms with Gasteiger partial charge in [0.25, 0.3) is 5.91 Å². The van der Waals surface area contributed by atoms with Gasteiger partial charge in [0, 0.05) is 18.8 Å². The van der Waals surface area contributed by atoms with Gasteiger partial charge in [-0.2, -0.15) is 0 Å². The van der Waals surface area contributed by atoms with Gasteiger partial charge < -0.3 is 20.1 Å². The highest BCUT2D eigenvalue weighted by Gasteiger charge is 2.37. The Hall–Kier alpha value is -1.75. The summed E-state index contributed by atoms with van der Waals surface area (Å²) in [6.07, 6.45) is 2.44. The third-order valence-electron chi connectivity index (χ3n) is 3.90. The van der Waals surface area contributed by atoms with Gasteiger partial charge in [0.05, 0.1) is 18.8 Å². The summed E-state index contributed by atoms with van der Waals surface area (Å²) in [5.41, 5.74) is 6.94. The molecule has 5 heteroatoms. The highest BCUT2D eigenvalue weighted by atomic mass is 16.5. The molecule has 108 valence electrons. The number of rotatable bonds is 3. The van der Waals surface area contributed by atoms with Gasteiger partial charge in [0.2, 0.25) is 0 Å². The summed E-state index contributed by atoms with van der Waals surface area (Å²) >= 11 is 0. The Balaban J connectivity index is 1.86. The molecule has 0 spiro atoms. The zero-order valence-electron chi connectivity index (χ0n) is 11.7. The van der Waals surface area contributed by atoms with Crippen molar-refractivity contribution in [3.8, 4) is 5.75 Å². The first-order chi connectivity index (χ1) is 9.69. The molecule has 2 bridgehead atoms. The topological polar surface area (TPSA) is 64.8 Å². The maximum absolute atomic E-state index is 12.7. The van der Waals surface area contributed by atoms with Gasteiger partial charge >= 0.3 is 0 Å². The fraction of sp³-hybridized carbons (Fsp3) is 0.533. The molecule has 20 heavy (non-hydrogen) atoms. The SMILES string of the molecule is CCOc1cccc(N)c1C(=O)N1CC2CCC(C1)O2. The average molecular weight is 276 g/mol. The Bertz CT molecular complexity index is 506. The van der Waals surface area contributed by atoms with Crippen molar-refractivity contribution < 1.29 is 14.3 Å². The van der Waals surface area contributed by atoms with Crippen LogP contribution in [0.3, 0.4) is 0 Å². The largest absolute Gasteiger partial charge is 0.493 e. The number of nitrogen functional groups attached to an aromatic ring is 1. The Morgan fingerprint density at radius 3 is 2.75 bits per heavy atom. The van der Waals surface area contributed by atoms with Gasteiger partial charge in [-0.1, -0.05) is 6.07 Å². The van der Waals surface area contributed by atoms with Crippen molar-refractivity contribution in [2.45, 2.75) is 32.0 Å². The van der Waals surface area contributed by atoms with E-state index in [2.05, 4.69) is 0 Å². The van der Waals surface area contributed by atoms with Crippen LogP contribution in [0.2, 0.25) is 0 Å². The Morgan fingerprint density at radius 2 is 2.10 bits per heavy atom. The Morgan fingerprint density at radius 1 is 1.40 bits per heavy atom.